The topological polar surface area (TPSA) is 25.2 Å². The van der Waals surface area contributed by atoms with E-state index in [0.29, 0.717) is 0 Å². The molecule has 1 aromatic carbocycles. The molecule has 2 nitrogen and oxygen atoms in total. The van der Waals surface area contributed by atoms with E-state index in [9.17, 15) is 8.78 Å². The van der Waals surface area contributed by atoms with E-state index in [1.165, 1.54) is 18.4 Å². The molecule has 0 saturated carbocycles. The van der Waals surface area contributed by atoms with Gasteiger partial charge in [-0.1, -0.05) is 6.07 Å². The van der Waals surface area contributed by atoms with E-state index in [-0.39, 0.29) is 11.7 Å². The van der Waals surface area contributed by atoms with Gasteiger partial charge in [-0.15, -0.1) is 0 Å². The number of nitrogens with one attached hydrogen (secondary N) is 1. The van der Waals surface area contributed by atoms with Crippen LogP contribution in [0, 0.1) is 11.6 Å². The summed E-state index contributed by atoms with van der Waals surface area (Å²) in [7, 11) is 0. The standard InChI is InChI=1S/C12H11F2NO/c1-8(9-5-6-16-7-9)15-11-4-2-3-10(13)12(11)14/h2-8,15H,1H3. The Hall–Kier alpha value is -1.84. The maximum Gasteiger partial charge on any atom is 0.181 e. The van der Waals surface area contributed by atoms with E-state index >= 15 is 0 Å². The van der Waals surface area contributed by atoms with Crippen molar-refractivity contribution in [3.05, 3.63) is 54.0 Å². The molecule has 0 aliphatic carbocycles. The van der Waals surface area contributed by atoms with Crippen molar-refractivity contribution in [2.45, 2.75) is 13.0 Å². The fourth-order valence-electron chi connectivity index (χ4n) is 1.45. The van der Waals surface area contributed by atoms with Crippen molar-refractivity contribution in [2.24, 2.45) is 0 Å². The summed E-state index contributed by atoms with van der Waals surface area (Å²) in [6.07, 6.45) is 3.10. The molecule has 4 heteroatoms. The van der Waals surface area contributed by atoms with Crippen LogP contribution in [0.15, 0.2) is 41.2 Å². The maximum atomic E-state index is 13.3. The molecule has 0 aliphatic rings. The summed E-state index contributed by atoms with van der Waals surface area (Å²) in [5.41, 5.74) is 1.03. The fourth-order valence-corrected chi connectivity index (χ4v) is 1.45. The normalized spacial score (nSPS) is 12.4. The minimum atomic E-state index is -0.863. The molecule has 0 fully saturated rings. The Morgan fingerprint density at radius 2 is 2.06 bits per heavy atom. The van der Waals surface area contributed by atoms with Gasteiger partial charge in [0.25, 0.3) is 0 Å². The lowest BCUT2D eigenvalue weighted by Gasteiger charge is -2.14. The van der Waals surface area contributed by atoms with E-state index in [2.05, 4.69) is 5.32 Å². The Morgan fingerprint density at radius 1 is 1.25 bits per heavy atom. The van der Waals surface area contributed by atoms with Crippen LogP contribution in [-0.2, 0) is 0 Å². The zero-order valence-corrected chi connectivity index (χ0v) is 8.71. The molecule has 16 heavy (non-hydrogen) atoms. The van der Waals surface area contributed by atoms with Crippen LogP contribution < -0.4 is 5.32 Å². The lowest BCUT2D eigenvalue weighted by molar-refractivity contribution is 0.510. The Bertz CT molecular complexity index is 468. The molecule has 0 saturated heterocycles. The molecule has 0 radical (unpaired) electrons. The number of hydrogen-bond donors (Lipinski definition) is 1. The molecule has 1 aromatic heterocycles. The first kappa shape index (κ1) is 10.7. The predicted molar refractivity (Wildman–Crippen MR) is 57.1 cm³/mol. The third-order valence-electron chi connectivity index (χ3n) is 2.37. The van der Waals surface area contributed by atoms with E-state index in [4.69, 9.17) is 4.42 Å². The molecule has 2 aromatic rings. The molecule has 1 heterocycles. The van der Waals surface area contributed by atoms with Crippen molar-refractivity contribution in [3.63, 3.8) is 0 Å². The summed E-state index contributed by atoms with van der Waals surface area (Å²) in [6, 6.07) is 5.67. The molecular weight excluding hydrogens is 212 g/mol. The monoisotopic (exact) mass is 223 g/mol. The number of halogens is 2. The lowest BCUT2D eigenvalue weighted by Crippen LogP contribution is -2.07. The summed E-state index contributed by atoms with van der Waals surface area (Å²) in [5, 5.41) is 2.88. The lowest BCUT2D eigenvalue weighted by atomic mass is 10.1. The van der Waals surface area contributed by atoms with Crippen LogP contribution in [0.1, 0.15) is 18.5 Å². The first-order valence-corrected chi connectivity index (χ1v) is 4.91. The van der Waals surface area contributed by atoms with Crippen molar-refractivity contribution in [2.75, 3.05) is 5.32 Å². The highest BCUT2D eigenvalue weighted by molar-refractivity contribution is 5.46. The van der Waals surface area contributed by atoms with Gasteiger partial charge < -0.3 is 9.73 Å². The number of anilines is 1. The highest BCUT2D eigenvalue weighted by Gasteiger charge is 2.11. The summed E-state index contributed by atoms with van der Waals surface area (Å²) in [4.78, 5) is 0. The smallest absolute Gasteiger partial charge is 0.181 e. The van der Waals surface area contributed by atoms with Gasteiger partial charge in [0, 0.05) is 5.56 Å². The van der Waals surface area contributed by atoms with Gasteiger partial charge in [-0.25, -0.2) is 8.78 Å². The van der Waals surface area contributed by atoms with E-state index in [1.807, 2.05) is 6.92 Å². The third-order valence-corrected chi connectivity index (χ3v) is 2.37. The molecule has 0 amide bonds. The molecule has 0 bridgehead atoms. The Balaban J connectivity index is 2.18. The van der Waals surface area contributed by atoms with Gasteiger partial charge in [-0.3, -0.25) is 0 Å². The number of hydrogen-bond acceptors (Lipinski definition) is 2. The van der Waals surface area contributed by atoms with Crippen LogP contribution in [0.4, 0.5) is 14.5 Å². The van der Waals surface area contributed by atoms with E-state index in [1.54, 1.807) is 12.3 Å². The molecular formula is C12H11F2NO. The molecule has 84 valence electrons. The van der Waals surface area contributed by atoms with Crippen molar-refractivity contribution < 1.29 is 13.2 Å². The summed E-state index contributed by atoms with van der Waals surface area (Å²) >= 11 is 0. The highest BCUT2D eigenvalue weighted by atomic mass is 19.2. The van der Waals surface area contributed by atoms with Crippen molar-refractivity contribution in [3.8, 4) is 0 Å². The Kier molecular flexibility index (Phi) is 2.90. The summed E-state index contributed by atoms with van der Waals surface area (Å²) in [5.74, 6) is -1.72. The van der Waals surface area contributed by atoms with Crippen LogP contribution in [0.3, 0.4) is 0 Å². The minimum absolute atomic E-state index is 0.143. The molecule has 0 aliphatic heterocycles. The molecule has 2 rings (SSSR count). The fraction of sp³-hybridized carbons (Fsp3) is 0.167. The van der Waals surface area contributed by atoms with Crippen molar-refractivity contribution in [1.29, 1.82) is 0 Å². The zero-order valence-electron chi connectivity index (χ0n) is 8.71. The Labute approximate surface area is 91.9 Å². The average molecular weight is 223 g/mol. The van der Waals surface area contributed by atoms with Crippen molar-refractivity contribution in [1.82, 2.24) is 0 Å². The summed E-state index contributed by atoms with van der Waals surface area (Å²) < 4.78 is 31.2. The number of benzene rings is 1. The summed E-state index contributed by atoms with van der Waals surface area (Å²) in [6.45, 7) is 1.84. The first-order chi connectivity index (χ1) is 7.68. The average Bonchev–Trinajstić information content (AvgIpc) is 2.78. The second-order valence-electron chi connectivity index (χ2n) is 3.52. The second kappa shape index (κ2) is 4.35. The predicted octanol–water partition coefficient (Wildman–Crippen LogP) is 3.73. The largest absolute Gasteiger partial charge is 0.472 e. The van der Waals surface area contributed by atoms with Crippen LogP contribution in [0.2, 0.25) is 0 Å². The van der Waals surface area contributed by atoms with Gasteiger partial charge in [-0.05, 0) is 25.1 Å². The van der Waals surface area contributed by atoms with E-state index < -0.39 is 11.6 Å². The SMILES string of the molecule is CC(Nc1cccc(F)c1F)c1ccoc1. The quantitative estimate of drug-likeness (QED) is 0.857. The van der Waals surface area contributed by atoms with Gasteiger partial charge in [0.2, 0.25) is 0 Å². The second-order valence-corrected chi connectivity index (χ2v) is 3.52. The molecule has 0 spiro atoms. The highest BCUT2D eigenvalue weighted by Crippen LogP contribution is 2.23. The Morgan fingerprint density at radius 3 is 2.75 bits per heavy atom. The maximum absolute atomic E-state index is 13.3. The van der Waals surface area contributed by atoms with Crippen LogP contribution in [0.5, 0.6) is 0 Å². The van der Waals surface area contributed by atoms with Crippen molar-refractivity contribution >= 4 is 5.69 Å². The van der Waals surface area contributed by atoms with Gasteiger partial charge >= 0.3 is 0 Å². The van der Waals surface area contributed by atoms with Crippen LogP contribution in [-0.4, -0.2) is 0 Å². The van der Waals surface area contributed by atoms with E-state index in [0.717, 1.165) is 11.6 Å². The van der Waals surface area contributed by atoms with Gasteiger partial charge in [0.15, 0.2) is 11.6 Å². The number of furan rings is 1. The van der Waals surface area contributed by atoms with Crippen LogP contribution in [0.25, 0.3) is 0 Å². The molecule has 1 N–H and O–H groups in total. The number of rotatable bonds is 3. The molecule has 1 unspecified atom stereocenters. The van der Waals surface area contributed by atoms with Gasteiger partial charge in [0.1, 0.15) is 0 Å². The zero-order chi connectivity index (χ0) is 11.5. The van der Waals surface area contributed by atoms with Crippen LogP contribution >= 0.6 is 0 Å². The third kappa shape index (κ3) is 2.05. The van der Waals surface area contributed by atoms with Gasteiger partial charge in [0.05, 0.1) is 24.3 Å². The first-order valence-electron chi connectivity index (χ1n) is 4.91. The minimum Gasteiger partial charge on any atom is -0.472 e. The molecule has 1 atom stereocenters. The van der Waals surface area contributed by atoms with Gasteiger partial charge in [-0.2, -0.15) is 0 Å².